The smallest absolute Gasteiger partial charge is 0.255 e. The minimum absolute atomic E-state index is 0.100. The summed E-state index contributed by atoms with van der Waals surface area (Å²) in [5.41, 5.74) is 4.45. The lowest BCUT2D eigenvalue weighted by molar-refractivity contribution is 0.0774. The maximum absolute atomic E-state index is 13.1. The number of hydrogen-bond donors (Lipinski definition) is 2. The monoisotopic (exact) mass is 369 g/mol. The third-order valence-corrected chi connectivity index (χ3v) is 5.41. The largest absolute Gasteiger partial charge is 0.361 e. The van der Waals surface area contributed by atoms with Crippen LogP contribution in [0, 0.1) is 0 Å². The Bertz CT molecular complexity index is 1300. The summed E-state index contributed by atoms with van der Waals surface area (Å²) in [4.78, 5) is 33.0. The van der Waals surface area contributed by atoms with Gasteiger partial charge in [0.2, 0.25) is 5.56 Å². The third kappa shape index (κ3) is 2.72. The van der Waals surface area contributed by atoms with E-state index in [0.717, 1.165) is 17.3 Å². The highest BCUT2D eigenvalue weighted by molar-refractivity contribution is 6.06. The molecule has 4 aromatic rings. The first-order valence-corrected chi connectivity index (χ1v) is 9.37. The van der Waals surface area contributed by atoms with Crippen LogP contribution in [0.4, 0.5) is 0 Å². The van der Waals surface area contributed by atoms with Gasteiger partial charge < -0.3 is 14.9 Å². The fourth-order valence-electron chi connectivity index (χ4n) is 3.99. The van der Waals surface area contributed by atoms with Crippen molar-refractivity contribution in [3.05, 3.63) is 88.4 Å². The number of benzene rings is 2. The molecule has 0 unspecified atom stereocenters. The van der Waals surface area contributed by atoms with Crippen molar-refractivity contribution in [2.75, 3.05) is 13.1 Å². The molecule has 5 nitrogen and oxygen atoms in total. The number of amides is 1. The van der Waals surface area contributed by atoms with Crippen molar-refractivity contribution >= 4 is 33.3 Å². The van der Waals surface area contributed by atoms with Crippen LogP contribution in [0.2, 0.25) is 0 Å². The van der Waals surface area contributed by atoms with Crippen molar-refractivity contribution < 1.29 is 4.79 Å². The van der Waals surface area contributed by atoms with Crippen LogP contribution in [0.3, 0.4) is 0 Å². The van der Waals surface area contributed by atoms with Crippen molar-refractivity contribution in [3.63, 3.8) is 0 Å². The number of carbonyl (C=O) groups is 1. The summed E-state index contributed by atoms with van der Waals surface area (Å²) in [5.74, 6) is -0.100. The average molecular weight is 369 g/mol. The van der Waals surface area contributed by atoms with Crippen LogP contribution < -0.4 is 5.56 Å². The number of H-pyrrole nitrogens is 2. The zero-order chi connectivity index (χ0) is 19.1. The van der Waals surface area contributed by atoms with E-state index in [-0.39, 0.29) is 11.5 Å². The van der Waals surface area contributed by atoms with E-state index in [0.29, 0.717) is 24.2 Å². The molecule has 5 heteroatoms. The molecule has 0 aliphatic carbocycles. The Labute approximate surface area is 161 Å². The van der Waals surface area contributed by atoms with Crippen molar-refractivity contribution in [3.8, 4) is 0 Å². The molecule has 0 bridgehead atoms. The SMILES string of the molecule is O=C(c1cc(=O)[nH]c2ccccc12)N1CC=C(c2c[nH]c3ccccc23)CC1. The Balaban J connectivity index is 1.46. The molecule has 0 saturated carbocycles. The summed E-state index contributed by atoms with van der Waals surface area (Å²) in [6.45, 7) is 1.17. The number of fused-ring (bicyclic) bond motifs is 2. The lowest BCUT2D eigenvalue weighted by Crippen LogP contribution is -2.35. The zero-order valence-corrected chi connectivity index (χ0v) is 15.2. The van der Waals surface area contributed by atoms with E-state index in [1.54, 1.807) is 4.90 Å². The Morgan fingerprint density at radius 1 is 0.964 bits per heavy atom. The minimum Gasteiger partial charge on any atom is -0.361 e. The predicted octanol–water partition coefficient (Wildman–Crippen LogP) is 3.94. The Morgan fingerprint density at radius 2 is 1.71 bits per heavy atom. The lowest BCUT2D eigenvalue weighted by atomic mass is 9.98. The second kappa shape index (κ2) is 6.53. The van der Waals surface area contributed by atoms with Crippen molar-refractivity contribution in [1.82, 2.24) is 14.9 Å². The first-order chi connectivity index (χ1) is 13.7. The number of aromatic amines is 2. The molecule has 0 saturated heterocycles. The highest BCUT2D eigenvalue weighted by Gasteiger charge is 2.22. The molecule has 5 rings (SSSR count). The normalized spacial score (nSPS) is 14.4. The topological polar surface area (TPSA) is 69.0 Å². The molecule has 2 N–H and O–H groups in total. The van der Waals surface area contributed by atoms with E-state index in [4.69, 9.17) is 0 Å². The Morgan fingerprint density at radius 3 is 2.50 bits per heavy atom. The highest BCUT2D eigenvalue weighted by Crippen LogP contribution is 2.29. The maximum Gasteiger partial charge on any atom is 0.255 e. The van der Waals surface area contributed by atoms with Crippen LogP contribution >= 0.6 is 0 Å². The Kier molecular flexibility index (Phi) is 3.86. The van der Waals surface area contributed by atoms with E-state index >= 15 is 0 Å². The molecular weight excluding hydrogens is 350 g/mol. The fraction of sp³-hybridized carbons (Fsp3) is 0.130. The van der Waals surface area contributed by atoms with Crippen molar-refractivity contribution in [1.29, 1.82) is 0 Å². The predicted molar refractivity (Wildman–Crippen MR) is 111 cm³/mol. The van der Waals surface area contributed by atoms with Gasteiger partial charge >= 0.3 is 0 Å². The Hall–Kier alpha value is -3.60. The van der Waals surface area contributed by atoms with Gasteiger partial charge in [-0.15, -0.1) is 0 Å². The van der Waals surface area contributed by atoms with Gasteiger partial charge in [-0.2, -0.15) is 0 Å². The second-order valence-electron chi connectivity index (χ2n) is 7.07. The molecule has 2 aromatic carbocycles. The van der Waals surface area contributed by atoms with Gasteiger partial charge in [0.25, 0.3) is 5.91 Å². The van der Waals surface area contributed by atoms with Gasteiger partial charge in [0.15, 0.2) is 0 Å². The molecule has 28 heavy (non-hydrogen) atoms. The molecule has 1 aliphatic rings. The standard InChI is InChI=1S/C23H19N3O2/c27-22-13-18(16-5-2-4-8-21(16)25-22)23(28)26-11-9-15(10-12-26)19-14-24-20-7-3-1-6-17(19)20/h1-9,13-14,24H,10-12H2,(H,25,27). The molecule has 0 radical (unpaired) electrons. The summed E-state index contributed by atoms with van der Waals surface area (Å²) in [6.07, 6.45) is 4.94. The van der Waals surface area contributed by atoms with Gasteiger partial charge in [-0.25, -0.2) is 0 Å². The molecule has 138 valence electrons. The first kappa shape index (κ1) is 16.6. The summed E-state index contributed by atoms with van der Waals surface area (Å²) in [7, 11) is 0. The van der Waals surface area contributed by atoms with Crippen molar-refractivity contribution in [2.45, 2.75) is 6.42 Å². The van der Waals surface area contributed by atoms with E-state index in [2.05, 4.69) is 28.2 Å². The summed E-state index contributed by atoms with van der Waals surface area (Å²) < 4.78 is 0. The number of pyridine rings is 1. The van der Waals surface area contributed by atoms with Crippen LogP contribution in [0.15, 0.2) is 71.7 Å². The number of carbonyl (C=O) groups excluding carboxylic acids is 1. The molecule has 1 aliphatic heterocycles. The van der Waals surface area contributed by atoms with E-state index < -0.39 is 0 Å². The van der Waals surface area contributed by atoms with Crippen LogP contribution in [0.5, 0.6) is 0 Å². The fourth-order valence-corrected chi connectivity index (χ4v) is 3.99. The first-order valence-electron chi connectivity index (χ1n) is 9.37. The van der Waals surface area contributed by atoms with Crippen LogP contribution in [0.1, 0.15) is 22.3 Å². The van der Waals surface area contributed by atoms with Gasteiger partial charge in [-0.05, 0) is 24.1 Å². The summed E-state index contributed by atoms with van der Waals surface area (Å²) >= 11 is 0. The van der Waals surface area contributed by atoms with E-state index in [1.807, 2.05) is 42.6 Å². The summed E-state index contributed by atoms with van der Waals surface area (Å²) in [6, 6.07) is 17.1. The molecular formula is C23H19N3O2. The number of nitrogens with zero attached hydrogens (tertiary/aromatic N) is 1. The maximum atomic E-state index is 13.1. The minimum atomic E-state index is -0.255. The van der Waals surface area contributed by atoms with Crippen LogP contribution in [-0.4, -0.2) is 33.9 Å². The number of hydrogen-bond acceptors (Lipinski definition) is 2. The molecule has 3 heterocycles. The molecule has 0 fully saturated rings. The molecule has 0 spiro atoms. The number of para-hydroxylation sites is 2. The highest BCUT2D eigenvalue weighted by atomic mass is 16.2. The van der Waals surface area contributed by atoms with Gasteiger partial charge in [0.1, 0.15) is 0 Å². The molecule has 1 amide bonds. The molecule has 2 aromatic heterocycles. The van der Waals surface area contributed by atoms with Gasteiger partial charge in [0, 0.05) is 52.7 Å². The average Bonchev–Trinajstić information content (AvgIpc) is 3.17. The number of aromatic nitrogens is 2. The number of nitrogens with one attached hydrogen (secondary N) is 2. The van der Waals surface area contributed by atoms with Gasteiger partial charge in [-0.3, -0.25) is 9.59 Å². The van der Waals surface area contributed by atoms with Crippen LogP contribution in [0.25, 0.3) is 27.4 Å². The van der Waals surface area contributed by atoms with Gasteiger partial charge in [-0.1, -0.05) is 42.5 Å². The van der Waals surface area contributed by atoms with Crippen LogP contribution in [-0.2, 0) is 0 Å². The lowest BCUT2D eigenvalue weighted by Gasteiger charge is -2.27. The van der Waals surface area contributed by atoms with Gasteiger partial charge in [0.05, 0.1) is 5.56 Å². The van der Waals surface area contributed by atoms with Crippen molar-refractivity contribution in [2.24, 2.45) is 0 Å². The third-order valence-electron chi connectivity index (χ3n) is 5.41. The quantitative estimate of drug-likeness (QED) is 0.562. The summed E-state index contributed by atoms with van der Waals surface area (Å²) in [5, 5.41) is 1.98. The zero-order valence-electron chi connectivity index (χ0n) is 15.2. The second-order valence-corrected chi connectivity index (χ2v) is 7.07. The number of rotatable bonds is 2. The molecule has 0 atom stereocenters. The van der Waals surface area contributed by atoms with E-state index in [9.17, 15) is 9.59 Å². The van der Waals surface area contributed by atoms with E-state index in [1.165, 1.54) is 22.6 Å².